The van der Waals surface area contributed by atoms with Gasteiger partial charge < -0.3 is 55.1 Å². The first-order chi connectivity index (χ1) is 15.2. The van der Waals surface area contributed by atoms with E-state index in [0.29, 0.717) is 5.56 Å². The second-order valence-electron chi connectivity index (χ2n) is 7.49. The highest BCUT2D eigenvalue weighted by atomic mass is 16.7. The number of benzene rings is 2. The zero-order chi connectivity index (χ0) is 23.2. The summed E-state index contributed by atoms with van der Waals surface area (Å²) in [7, 11) is 0. The Morgan fingerprint density at radius 2 is 1.62 bits per heavy atom. The lowest BCUT2D eigenvalue weighted by atomic mass is 9.99. The van der Waals surface area contributed by atoms with E-state index in [9.17, 15) is 40.9 Å². The van der Waals surface area contributed by atoms with E-state index < -0.39 is 49.2 Å². The van der Waals surface area contributed by atoms with Crippen LogP contribution in [0, 0.1) is 0 Å². The van der Waals surface area contributed by atoms with E-state index in [1.807, 2.05) is 0 Å². The Morgan fingerprint density at radius 1 is 0.875 bits per heavy atom. The van der Waals surface area contributed by atoms with Crippen LogP contribution < -0.4 is 9.47 Å². The van der Waals surface area contributed by atoms with Gasteiger partial charge in [-0.1, -0.05) is 6.07 Å². The third-order valence-electron chi connectivity index (χ3n) is 5.29. The number of ether oxygens (including phenoxy) is 3. The van der Waals surface area contributed by atoms with Gasteiger partial charge in [0.1, 0.15) is 47.4 Å². The molecule has 2 aliphatic heterocycles. The second kappa shape index (κ2) is 8.37. The summed E-state index contributed by atoms with van der Waals surface area (Å²) in [5, 5.41) is 79.3. The van der Waals surface area contributed by atoms with Gasteiger partial charge in [0, 0.05) is 17.7 Å². The first kappa shape index (κ1) is 22.0. The maximum Gasteiger partial charge on any atom is 0.229 e. The molecule has 0 radical (unpaired) electrons. The molecule has 172 valence electrons. The summed E-state index contributed by atoms with van der Waals surface area (Å²) in [6.45, 7) is -0.632. The molecular formula is C21H22O11. The van der Waals surface area contributed by atoms with Gasteiger partial charge in [-0.05, 0) is 18.2 Å². The molecule has 1 unspecified atom stereocenters. The van der Waals surface area contributed by atoms with Crippen LogP contribution in [-0.4, -0.2) is 78.2 Å². The Balaban J connectivity index is 1.55. The van der Waals surface area contributed by atoms with Crippen LogP contribution in [0.3, 0.4) is 0 Å². The zero-order valence-electron chi connectivity index (χ0n) is 16.4. The van der Waals surface area contributed by atoms with E-state index in [2.05, 4.69) is 0 Å². The number of rotatable bonds is 4. The van der Waals surface area contributed by atoms with Crippen LogP contribution in [0.1, 0.15) is 17.2 Å². The molecule has 8 N–H and O–H groups in total. The third-order valence-corrected chi connectivity index (χ3v) is 5.29. The second-order valence-corrected chi connectivity index (χ2v) is 7.49. The molecule has 0 aliphatic carbocycles. The van der Waals surface area contributed by atoms with Crippen LogP contribution in [0.2, 0.25) is 0 Å². The van der Waals surface area contributed by atoms with Crippen molar-refractivity contribution in [3.8, 4) is 28.7 Å². The van der Waals surface area contributed by atoms with Crippen molar-refractivity contribution < 1.29 is 55.1 Å². The Labute approximate surface area is 181 Å². The Bertz CT molecular complexity index is 1030. The molecule has 0 saturated carbocycles. The minimum Gasteiger partial charge on any atom is -0.508 e. The Kier molecular flexibility index (Phi) is 5.75. The maximum absolute atomic E-state index is 10.4. The van der Waals surface area contributed by atoms with Crippen LogP contribution in [0.4, 0.5) is 0 Å². The maximum atomic E-state index is 10.4. The summed E-state index contributed by atoms with van der Waals surface area (Å²) in [4.78, 5) is 0. The minimum absolute atomic E-state index is 0.117. The summed E-state index contributed by atoms with van der Waals surface area (Å²) >= 11 is 0. The number of hydrogen-bond donors (Lipinski definition) is 8. The molecule has 11 nitrogen and oxygen atoms in total. The molecule has 2 heterocycles. The van der Waals surface area contributed by atoms with E-state index in [1.54, 1.807) is 0 Å². The van der Waals surface area contributed by atoms with Gasteiger partial charge in [-0.15, -0.1) is 0 Å². The van der Waals surface area contributed by atoms with E-state index in [-0.39, 0.29) is 34.3 Å². The van der Waals surface area contributed by atoms with E-state index in [1.165, 1.54) is 30.3 Å². The molecule has 32 heavy (non-hydrogen) atoms. The van der Waals surface area contributed by atoms with Crippen molar-refractivity contribution in [3.63, 3.8) is 0 Å². The first-order valence-electron chi connectivity index (χ1n) is 9.63. The third kappa shape index (κ3) is 3.87. The first-order valence-corrected chi connectivity index (χ1v) is 9.63. The molecule has 1 fully saturated rings. The number of aromatic hydroxyl groups is 3. The number of aliphatic hydroxyl groups excluding tert-OH is 5. The van der Waals surface area contributed by atoms with Gasteiger partial charge in [-0.2, -0.15) is 0 Å². The van der Waals surface area contributed by atoms with Crippen molar-refractivity contribution >= 4 is 6.08 Å². The highest BCUT2D eigenvalue weighted by Gasteiger charge is 2.45. The van der Waals surface area contributed by atoms with Crippen LogP contribution in [-0.2, 0) is 4.74 Å². The van der Waals surface area contributed by atoms with Gasteiger partial charge in [-0.25, -0.2) is 0 Å². The quantitative estimate of drug-likeness (QED) is 0.313. The minimum atomic E-state index is -1.66. The van der Waals surface area contributed by atoms with Crippen LogP contribution >= 0.6 is 0 Å². The summed E-state index contributed by atoms with van der Waals surface area (Å²) < 4.78 is 16.3. The molecule has 2 aliphatic rings. The molecule has 11 heteroatoms. The SMILES string of the molecule is OC[C@H]1O[C@H](Oc2ccc(C3Oc4cc(O)cc(O)c4C=C3O)cc2O)[C@H](O)[C@H](O)[C@H]1O. The summed E-state index contributed by atoms with van der Waals surface area (Å²) in [6.07, 6.45) is -7.30. The average Bonchev–Trinajstić information content (AvgIpc) is 2.75. The van der Waals surface area contributed by atoms with Crippen molar-refractivity contribution in [2.75, 3.05) is 6.61 Å². The van der Waals surface area contributed by atoms with Crippen LogP contribution in [0.15, 0.2) is 36.1 Å². The fourth-order valence-corrected chi connectivity index (χ4v) is 3.58. The predicted molar refractivity (Wildman–Crippen MR) is 106 cm³/mol. The van der Waals surface area contributed by atoms with Crippen molar-refractivity contribution in [2.24, 2.45) is 0 Å². The normalized spacial score (nSPS) is 29.6. The standard InChI is InChI=1S/C21H22O11/c22-7-16-17(27)18(28)19(29)21(32-16)31-14-2-1-8(3-12(14)25)20-13(26)6-10-11(24)4-9(23)5-15(10)30-20/h1-6,16-29H,7H2/t16-,17+,18-,19-,20?,21+/m1/s1. The monoisotopic (exact) mass is 450 g/mol. The van der Waals surface area contributed by atoms with Gasteiger partial charge in [0.2, 0.25) is 6.29 Å². The van der Waals surface area contributed by atoms with Crippen molar-refractivity contribution in [2.45, 2.75) is 36.8 Å². The molecular weight excluding hydrogens is 428 g/mol. The molecule has 2 aromatic carbocycles. The van der Waals surface area contributed by atoms with E-state index in [4.69, 9.17) is 14.2 Å². The zero-order valence-corrected chi connectivity index (χ0v) is 16.4. The molecule has 0 bridgehead atoms. The molecule has 0 spiro atoms. The van der Waals surface area contributed by atoms with Crippen molar-refractivity contribution in [1.29, 1.82) is 0 Å². The molecule has 2 aromatic rings. The van der Waals surface area contributed by atoms with Gasteiger partial charge >= 0.3 is 0 Å². The summed E-state index contributed by atoms with van der Waals surface area (Å²) in [5.74, 6) is -1.22. The van der Waals surface area contributed by atoms with Crippen molar-refractivity contribution in [3.05, 3.63) is 47.2 Å². The van der Waals surface area contributed by atoms with Crippen LogP contribution in [0.5, 0.6) is 28.7 Å². The molecule has 4 rings (SSSR count). The van der Waals surface area contributed by atoms with E-state index in [0.717, 1.165) is 6.07 Å². The van der Waals surface area contributed by atoms with Crippen molar-refractivity contribution in [1.82, 2.24) is 0 Å². The Morgan fingerprint density at radius 3 is 2.31 bits per heavy atom. The highest BCUT2D eigenvalue weighted by molar-refractivity contribution is 5.69. The fraction of sp³-hybridized carbons (Fsp3) is 0.333. The lowest BCUT2D eigenvalue weighted by Gasteiger charge is -2.39. The Hall–Kier alpha value is -3.22. The number of hydrogen-bond acceptors (Lipinski definition) is 11. The smallest absolute Gasteiger partial charge is 0.229 e. The number of aliphatic hydroxyl groups is 5. The van der Waals surface area contributed by atoms with Gasteiger partial charge in [0.05, 0.1) is 12.2 Å². The highest BCUT2D eigenvalue weighted by Crippen LogP contribution is 2.43. The average molecular weight is 450 g/mol. The number of phenols is 3. The number of fused-ring (bicyclic) bond motifs is 1. The lowest BCUT2D eigenvalue weighted by Crippen LogP contribution is -2.60. The molecule has 6 atom stereocenters. The summed E-state index contributed by atoms with van der Waals surface area (Å²) in [6, 6.07) is 6.34. The van der Waals surface area contributed by atoms with Gasteiger partial charge in [-0.3, -0.25) is 0 Å². The lowest BCUT2D eigenvalue weighted by molar-refractivity contribution is -0.277. The largest absolute Gasteiger partial charge is 0.508 e. The summed E-state index contributed by atoms with van der Waals surface area (Å²) in [5.41, 5.74) is 0.481. The van der Waals surface area contributed by atoms with E-state index >= 15 is 0 Å². The number of phenolic OH excluding ortho intramolecular Hbond substituents is 3. The topological polar surface area (TPSA) is 190 Å². The predicted octanol–water partition coefficient (Wildman–Crippen LogP) is 0.0147. The molecule has 0 amide bonds. The van der Waals surface area contributed by atoms with Gasteiger partial charge in [0.15, 0.2) is 17.6 Å². The molecule has 1 saturated heterocycles. The van der Waals surface area contributed by atoms with Gasteiger partial charge in [0.25, 0.3) is 0 Å². The fourth-order valence-electron chi connectivity index (χ4n) is 3.58. The van der Waals surface area contributed by atoms with Crippen LogP contribution in [0.25, 0.3) is 6.08 Å². The molecule has 0 aromatic heterocycles.